The molecule has 0 unspecified atom stereocenters. The summed E-state index contributed by atoms with van der Waals surface area (Å²) in [6.07, 6.45) is 5.00. The van der Waals surface area contributed by atoms with Crippen LogP contribution in [-0.4, -0.2) is 28.8 Å². The van der Waals surface area contributed by atoms with Crippen LogP contribution in [0.5, 0.6) is 5.75 Å². The summed E-state index contributed by atoms with van der Waals surface area (Å²) in [6.45, 7) is 2.10. The number of hydrogen-bond acceptors (Lipinski definition) is 4. The minimum atomic E-state index is -0.656. The van der Waals surface area contributed by atoms with Gasteiger partial charge in [0, 0.05) is 18.1 Å². The maximum atomic E-state index is 13.2. The van der Waals surface area contributed by atoms with Crippen LogP contribution < -0.4 is 15.4 Å². The third kappa shape index (κ3) is 4.78. The van der Waals surface area contributed by atoms with Crippen molar-refractivity contribution in [3.63, 3.8) is 0 Å². The van der Waals surface area contributed by atoms with Gasteiger partial charge in [0.15, 0.2) is 0 Å². The van der Waals surface area contributed by atoms with Gasteiger partial charge in [-0.05, 0) is 61.8 Å². The molecule has 1 aliphatic rings. The van der Waals surface area contributed by atoms with Crippen LogP contribution in [0, 0.1) is 0 Å². The topological polar surface area (TPSA) is 68.2 Å². The molecule has 0 atom stereocenters. The zero-order chi connectivity index (χ0) is 19.2. The molecule has 7 heteroatoms. The number of rotatable bonds is 6. The molecule has 6 nitrogen and oxygen atoms in total. The van der Waals surface area contributed by atoms with Gasteiger partial charge < -0.3 is 15.4 Å². The van der Waals surface area contributed by atoms with Crippen molar-refractivity contribution in [3.05, 3.63) is 78.6 Å². The number of halogens is 1. The zero-order valence-electron chi connectivity index (χ0n) is 16.1. The molecular formula is C22H25ClN4O2. The smallest absolute Gasteiger partial charge is 0.252 e. The van der Waals surface area contributed by atoms with Gasteiger partial charge >= 0.3 is 0 Å². The molecule has 4 rings (SSSR count). The highest BCUT2D eigenvalue weighted by Gasteiger charge is 2.42. The lowest BCUT2D eigenvalue weighted by molar-refractivity contribution is -0.126. The van der Waals surface area contributed by atoms with E-state index in [0.717, 1.165) is 30.1 Å². The van der Waals surface area contributed by atoms with E-state index in [2.05, 4.69) is 15.7 Å². The molecule has 0 bridgehead atoms. The summed E-state index contributed by atoms with van der Waals surface area (Å²) in [5.74, 6) is 0.737. The summed E-state index contributed by atoms with van der Waals surface area (Å²) in [4.78, 5) is 13.2. The van der Waals surface area contributed by atoms with Crippen LogP contribution in [0.2, 0.25) is 0 Å². The fourth-order valence-corrected chi connectivity index (χ4v) is 3.55. The molecule has 0 aliphatic carbocycles. The summed E-state index contributed by atoms with van der Waals surface area (Å²) in [7, 11) is 0. The van der Waals surface area contributed by atoms with E-state index in [1.807, 2.05) is 66.9 Å². The summed E-state index contributed by atoms with van der Waals surface area (Å²) >= 11 is 0. The third-order valence-corrected chi connectivity index (χ3v) is 5.16. The van der Waals surface area contributed by atoms with E-state index in [9.17, 15) is 4.79 Å². The fraction of sp³-hybridized carbons (Fsp3) is 0.273. The molecule has 2 aromatic carbocycles. The predicted octanol–water partition coefficient (Wildman–Crippen LogP) is 3.60. The number of nitrogens with zero attached hydrogens (tertiary/aromatic N) is 2. The van der Waals surface area contributed by atoms with Gasteiger partial charge in [0.25, 0.3) is 5.91 Å². The van der Waals surface area contributed by atoms with E-state index < -0.39 is 5.54 Å². The Hall–Kier alpha value is -2.83. The van der Waals surface area contributed by atoms with Crippen molar-refractivity contribution >= 4 is 24.0 Å². The number of amides is 1. The highest BCUT2D eigenvalue weighted by atomic mass is 35.5. The molecule has 0 radical (unpaired) electrons. The first kappa shape index (κ1) is 20.9. The number of nitrogens with one attached hydrogen (secondary N) is 2. The predicted molar refractivity (Wildman–Crippen MR) is 115 cm³/mol. The Morgan fingerprint density at radius 1 is 1.07 bits per heavy atom. The first-order valence-electron chi connectivity index (χ1n) is 9.55. The molecule has 1 amide bonds. The molecule has 1 saturated heterocycles. The van der Waals surface area contributed by atoms with E-state index in [1.165, 1.54) is 0 Å². The highest BCUT2D eigenvalue weighted by molar-refractivity contribution is 5.96. The van der Waals surface area contributed by atoms with Crippen LogP contribution in [0.3, 0.4) is 0 Å². The van der Waals surface area contributed by atoms with Crippen LogP contribution >= 0.6 is 12.4 Å². The van der Waals surface area contributed by atoms with E-state index in [-0.39, 0.29) is 18.3 Å². The lowest BCUT2D eigenvalue weighted by Crippen LogP contribution is -2.52. The van der Waals surface area contributed by atoms with Crippen molar-refractivity contribution < 1.29 is 9.53 Å². The third-order valence-electron chi connectivity index (χ3n) is 5.16. The van der Waals surface area contributed by atoms with Crippen molar-refractivity contribution in [1.82, 2.24) is 15.1 Å². The van der Waals surface area contributed by atoms with Gasteiger partial charge in [-0.2, -0.15) is 5.10 Å². The van der Waals surface area contributed by atoms with Gasteiger partial charge in [-0.25, -0.2) is 0 Å². The Bertz CT molecular complexity index is 892. The average molecular weight is 413 g/mol. The second kappa shape index (κ2) is 9.58. The molecule has 2 heterocycles. The van der Waals surface area contributed by atoms with Crippen molar-refractivity contribution in [1.29, 1.82) is 0 Å². The highest BCUT2D eigenvalue weighted by Crippen LogP contribution is 2.29. The number of carbonyl (C=O) groups is 1. The summed E-state index contributed by atoms with van der Waals surface area (Å²) in [5, 5.41) is 10.7. The Balaban J connectivity index is 0.00000240. The first-order valence-corrected chi connectivity index (χ1v) is 9.55. The molecule has 29 heavy (non-hydrogen) atoms. The monoisotopic (exact) mass is 412 g/mol. The second-order valence-electron chi connectivity index (χ2n) is 6.98. The van der Waals surface area contributed by atoms with Gasteiger partial charge in [0.1, 0.15) is 17.9 Å². The van der Waals surface area contributed by atoms with Crippen LogP contribution in [-0.2, 0) is 16.9 Å². The zero-order valence-corrected chi connectivity index (χ0v) is 16.9. The number of piperidine rings is 1. The fourth-order valence-electron chi connectivity index (χ4n) is 3.55. The summed E-state index contributed by atoms with van der Waals surface area (Å²) in [5.41, 5.74) is 1.21. The Labute approximate surface area is 176 Å². The van der Waals surface area contributed by atoms with Crippen molar-refractivity contribution in [3.8, 4) is 5.75 Å². The van der Waals surface area contributed by atoms with E-state index in [4.69, 9.17) is 4.74 Å². The maximum Gasteiger partial charge on any atom is 0.252 e. The molecule has 152 valence electrons. The van der Waals surface area contributed by atoms with Gasteiger partial charge in [0.2, 0.25) is 0 Å². The minimum absolute atomic E-state index is 0. The Kier molecular flexibility index (Phi) is 6.90. The van der Waals surface area contributed by atoms with E-state index >= 15 is 0 Å². The second-order valence-corrected chi connectivity index (χ2v) is 6.98. The summed E-state index contributed by atoms with van der Waals surface area (Å²) < 4.78 is 7.60. The molecule has 0 spiro atoms. The normalized spacial score (nSPS) is 15.2. The van der Waals surface area contributed by atoms with Gasteiger partial charge in [0.05, 0.1) is 0 Å². The quantitative estimate of drug-likeness (QED) is 0.649. The molecule has 1 aromatic heterocycles. The van der Waals surface area contributed by atoms with Crippen LogP contribution in [0.15, 0.2) is 73.1 Å². The van der Waals surface area contributed by atoms with Crippen molar-refractivity contribution in [2.24, 2.45) is 0 Å². The SMILES string of the molecule is Cl.O=C(Nc1ccc(OCc2ccccc2)cc1)C1(n2cccn2)CCNCC1. The molecule has 1 aliphatic heterocycles. The van der Waals surface area contributed by atoms with Gasteiger partial charge in [-0.1, -0.05) is 30.3 Å². The van der Waals surface area contributed by atoms with Crippen LogP contribution in [0.1, 0.15) is 18.4 Å². The number of hydrogen-bond donors (Lipinski definition) is 2. The Morgan fingerprint density at radius 2 is 1.79 bits per heavy atom. The van der Waals surface area contributed by atoms with Gasteiger partial charge in [-0.3, -0.25) is 9.48 Å². The molecule has 2 N–H and O–H groups in total. The van der Waals surface area contributed by atoms with Crippen molar-refractivity contribution in [2.45, 2.75) is 25.0 Å². The summed E-state index contributed by atoms with van der Waals surface area (Å²) in [6, 6.07) is 19.4. The standard InChI is InChI=1S/C22H24N4O2.ClH/c27-21(22(11-14-23-15-12-22)26-16-4-13-24-26)25-19-7-9-20(10-8-19)28-17-18-5-2-1-3-6-18;/h1-10,13,16,23H,11-12,14-15,17H2,(H,25,27);1H. The molecule has 0 saturated carbocycles. The largest absolute Gasteiger partial charge is 0.489 e. The van der Waals surface area contributed by atoms with Crippen molar-refractivity contribution in [2.75, 3.05) is 18.4 Å². The number of anilines is 1. The molecule has 3 aromatic rings. The molecular weight excluding hydrogens is 388 g/mol. The maximum absolute atomic E-state index is 13.2. The van der Waals surface area contributed by atoms with E-state index in [1.54, 1.807) is 10.9 Å². The Morgan fingerprint density at radius 3 is 2.45 bits per heavy atom. The molecule has 1 fully saturated rings. The van der Waals surface area contributed by atoms with Crippen LogP contribution in [0.25, 0.3) is 0 Å². The lowest BCUT2D eigenvalue weighted by Gasteiger charge is -2.36. The number of benzene rings is 2. The first-order chi connectivity index (χ1) is 13.8. The lowest BCUT2D eigenvalue weighted by atomic mass is 9.87. The number of ether oxygens (including phenoxy) is 1. The minimum Gasteiger partial charge on any atom is -0.489 e. The number of carbonyl (C=O) groups excluding carboxylic acids is 1. The van der Waals surface area contributed by atoms with Gasteiger partial charge in [-0.15, -0.1) is 12.4 Å². The average Bonchev–Trinajstić information content (AvgIpc) is 3.30. The van der Waals surface area contributed by atoms with Crippen LogP contribution in [0.4, 0.5) is 5.69 Å². The number of aromatic nitrogens is 2. The van der Waals surface area contributed by atoms with E-state index in [0.29, 0.717) is 19.4 Å².